The Morgan fingerprint density at radius 2 is 1.30 bits per heavy atom. The lowest BCUT2D eigenvalue weighted by molar-refractivity contribution is -0.158. The predicted octanol–water partition coefficient (Wildman–Crippen LogP) is 6.85. The van der Waals surface area contributed by atoms with Gasteiger partial charge in [0.05, 0.1) is 5.92 Å². The molecule has 0 atom stereocenters. The molecular weight excluding hydrogens is 336 g/mol. The van der Waals surface area contributed by atoms with Crippen LogP contribution in [0.5, 0.6) is 0 Å². The third kappa shape index (κ3) is 15.6. The van der Waals surface area contributed by atoms with Crippen LogP contribution >= 0.6 is 0 Å². The summed E-state index contributed by atoms with van der Waals surface area (Å²) < 4.78 is 5.06. The van der Waals surface area contributed by atoms with Crippen LogP contribution in [0.1, 0.15) is 94.4 Å². The lowest BCUT2D eigenvalue weighted by Gasteiger charge is -2.28. The van der Waals surface area contributed by atoms with Gasteiger partial charge in [0.1, 0.15) is 11.4 Å². The highest BCUT2D eigenvalue weighted by atomic mass is 16.6. The monoisotopic (exact) mass is 382 g/mol. The summed E-state index contributed by atoms with van der Waals surface area (Å²) in [5.74, 6) is 3.06. The lowest BCUT2D eigenvalue weighted by Crippen LogP contribution is -2.26. The fraction of sp³-hybridized carbons (Fsp3) is 0.833. The minimum atomic E-state index is -0.346. The Hall–Kier alpha value is -1.12. The first kappa shape index (κ1) is 28.1. The van der Waals surface area contributed by atoms with Crippen LogP contribution in [-0.4, -0.2) is 17.4 Å². The molecule has 0 aromatic heterocycles. The quantitative estimate of drug-likeness (QED) is 0.394. The van der Waals surface area contributed by atoms with Crippen molar-refractivity contribution in [3.63, 3.8) is 0 Å². The standard InChI is InChI=1S/C8H16O2.C7H12O.C7H14.C2H4/c1-6(2)7(9)10-8(3,4)5;1-5(2)7(8)6-3-4-6;1-6(2)7-4-3-5-7;1-2/h6H,1-5H3;5-6H,3-4H2,1-2H3;6-7H,3-5H2,1-2H3;1-2H2. The molecule has 0 unspecified atom stereocenters. The first-order valence-corrected chi connectivity index (χ1v) is 10.6. The van der Waals surface area contributed by atoms with Crippen LogP contribution in [0, 0.1) is 29.6 Å². The third-order valence-corrected chi connectivity index (χ3v) is 4.52. The molecule has 0 amide bonds. The van der Waals surface area contributed by atoms with Crippen molar-refractivity contribution in [2.24, 2.45) is 29.6 Å². The van der Waals surface area contributed by atoms with E-state index in [1.165, 1.54) is 19.3 Å². The van der Waals surface area contributed by atoms with E-state index >= 15 is 0 Å². The van der Waals surface area contributed by atoms with E-state index in [4.69, 9.17) is 4.74 Å². The molecule has 0 radical (unpaired) electrons. The topological polar surface area (TPSA) is 43.4 Å². The number of hydrogen-bond donors (Lipinski definition) is 0. The van der Waals surface area contributed by atoms with Gasteiger partial charge in [-0.2, -0.15) is 0 Å². The van der Waals surface area contributed by atoms with Crippen molar-refractivity contribution in [3.8, 4) is 0 Å². The Bertz CT molecular complexity index is 404. The van der Waals surface area contributed by atoms with Gasteiger partial charge in [-0.15, -0.1) is 13.2 Å². The van der Waals surface area contributed by atoms with E-state index in [1.807, 2.05) is 48.5 Å². The predicted molar refractivity (Wildman–Crippen MR) is 117 cm³/mol. The Labute approximate surface area is 169 Å². The van der Waals surface area contributed by atoms with Gasteiger partial charge in [-0.25, -0.2) is 0 Å². The van der Waals surface area contributed by atoms with Crippen LogP contribution < -0.4 is 0 Å². The second kappa shape index (κ2) is 14.0. The Balaban J connectivity index is 0. The van der Waals surface area contributed by atoms with Crippen LogP contribution in [0.3, 0.4) is 0 Å². The molecule has 160 valence electrons. The maximum absolute atomic E-state index is 10.9. The minimum Gasteiger partial charge on any atom is -0.460 e. The highest BCUT2D eigenvalue weighted by Gasteiger charge is 2.30. The normalized spacial score (nSPS) is 16.1. The molecule has 0 aromatic carbocycles. The SMILES string of the molecule is C=C.CC(C)C(=O)C1CC1.CC(C)C(=O)OC(C)(C)C.CC(C)C1CCC1. The second-order valence-corrected chi connectivity index (χ2v) is 9.45. The van der Waals surface area contributed by atoms with Crippen LogP contribution in [0.25, 0.3) is 0 Å². The lowest BCUT2D eigenvalue weighted by atomic mass is 9.78. The number of ether oxygens (including phenoxy) is 1. The maximum Gasteiger partial charge on any atom is 0.308 e. The van der Waals surface area contributed by atoms with Crippen LogP contribution in [0.2, 0.25) is 0 Å². The average molecular weight is 383 g/mol. The van der Waals surface area contributed by atoms with Crippen molar-refractivity contribution in [1.29, 1.82) is 0 Å². The van der Waals surface area contributed by atoms with Gasteiger partial charge in [0.2, 0.25) is 0 Å². The molecule has 0 bridgehead atoms. The van der Waals surface area contributed by atoms with Gasteiger partial charge in [0.15, 0.2) is 0 Å². The molecule has 0 aromatic rings. The number of carbonyl (C=O) groups excluding carboxylic acids is 2. The summed E-state index contributed by atoms with van der Waals surface area (Å²) in [5, 5.41) is 0. The number of Topliss-reactive ketones (excluding diaryl/α,β-unsaturated/α-hetero) is 1. The van der Waals surface area contributed by atoms with Gasteiger partial charge in [-0.05, 0) is 45.4 Å². The number of rotatable bonds is 4. The van der Waals surface area contributed by atoms with Crippen LogP contribution in [0.15, 0.2) is 13.2 Å². The van der Waals surface area contributed by atoms with Crippen LogP contribution in [-0.2, 0) is 14.3 Å². The number of hydrogen-bond acceptors (Lipinski definition) is 3. The van der Waals surface area contributed by atoms with Gasteiger partial charge >= 0.3 is 5.97 Å². The Morgan fingerprint density at radius 1 is 0.852 bits per heavy atom. The van der Waals surface area contributed by atoms with Crippen LogP contribution in [0.4, 0.5) is 0 Å². The fourth-order valence-corrected chi connectivity index (χ4v) is 2.37. The summed E-state index contributed by atoms with van der Waals surface area (Å²) in [6.07, 6.45) is 6.78. The third-order valence-electron chi connectivity index (χ3n) is 4.52. The molecule has 0 spiro atoms. The highest BCUT2D eigenvalue weighted by molar-refractivity contribution is 5.84. The molecule has 2 fully saturated rings. The summed E-state index contributed by atoms with van der Waals surface area (Å²) in [6, 6.07) is 0. The summed E-state index contributed by atoms with van der Waals surface area (Å²) in [6.45, 7) is 23.9. The summed E-state index contributed by atoms with van der Waals surface area (Å²) in [4.78, 5) is 21.8. The van der Waals surface area contributed by atoms with E-state index in [-0.39, 0.29) is 23.4 Å². The molecule has 0 heterocycles. The van der Waals surface area contributed by atoms with Gasteiger partial charge in [-0.1, -0.05) is 60.8 Å². The zero-order chi connectivity index (χ0) is 21.8. The molecular formula is C24H46O3. The molecule has 3 heteroatoms. The van der Waals surface area contributed by atoms with Crippen molar-refractivity contribution < 1.29 is 14.3 Å². The first-order valence-electron chi connectivity index (χ1n) is 10.6. The average Bonchev–Trinajstić information content (AvgIpc) is 3.30. The maximum atomic E-state index is 10.9. The van der Waals surface area contributed by atoms with E-state index in [0.29, 0.717) is 11.7 Å². The molecule has 0 N–H and O–H groups in total. The van der Waals surface area contributed by atoms with E-state index in [1.54, 1.807) is 0 Å². The van der Waals surface area contributed by atoms with Gasteiger partial charge in [-0.3, -0.25) is 9.59 Å². The smallest absolute Gasteiger partial charge is 0.308 e. The summed E-state index contributed by atoms with van der Waals surface area (Å²) >= 11 is 0. The van der Waals surface area contributed by atoms with Crippen molar-refractivity contribution in [1.82, 2.24) is 0 Å². The van der Waals surface area contributed by atoms with E-state index in [0.717, 1.165) is 24.7 Å². The molecule has 27 heavy (non-hydrogen) atoms. The van der Waals surface area contributed by atoms with Crippen molar-refractivity contribution in [2.75, 3.05) is 0 Å². The molecule has 0 aliphatic heterocycles. The molecule has 2 aliphatic carbocycles. The minimum absolute atomic E-state index is 0.0285. The van der Waals surface area contributed by atoms with Gasteiger partial charge < -0.3 is 4.74 Å². The van der Waals surface area contributed by atoms with Crippen molar-refractivity contribution in [3.05, 3.63) is 13.2 Å². The highest BCUT2D eigenvalue weighted by Crippen LogP contribution is 2.32. The fourth-order valence-electron chi connectivity index (χ4n) is 2.37. The van der Waals surface area contributed by atoms with Gasteiger partial charge in [0.25, 0.3) is 0 Å². The number of ketones is 1. The largest absolute Gasteiger partial charge is 0.460 e. The van der Waals surface area contributed by atoms with E-state index in [2.05, 4.69) is 27.0 Å². The molecule has 2 saturated carbocycles. The zero-order valence-electron chi connectivity index (χ0n) is 19.6. The summed E-state index contributed by atoms with van der Waals surface area (Å²) in [5.41, 5.74) is -0.346. The van der Waals surface area contributed by atoms with Gasteiger partial charge in [0, 0.05) is 11.8 Å². The first-order chi connectivity index (χ1) is 12.3. The van der Waals surface area contributed by atoms with E-state index < -0.39 is 0 Å². The molecule has 2 rings (SSSR count). The molecule has 2 aliphatic rings. The zero-order valence-corrected chi connectivity index (χ0v) is 19.6. The number of carbonyl (C=O) groups is 2. The Kier molecular flexibility index (Phi) is 14.5. The number of esters is 1. The molecule has 3 nitrogen and oxygen atoms in total. The summed E-state index contributed by atoms with van der Waals surface area (Å²) in [7, 11) is 0. The second-order valence-electron chi connectivity index (χ2n) is 9.45. The molecule has 0 saturated heterocycles. The Morgan fingerprint density at radius 3 is 1.37 bits per heavy atom. The van der Waals surface area contributed by atoms with Crippen molar-refractivity contribution >= 4 is 11.8 Å². The van der Waals surface area contributed by atoms with Crippen molar-refractivity contribution in [2.45, 2.75) is 100 Å². The van der Waals surface area contributed by atoms with E-state index in [9.17, 15) is 9.59 Å².